The standard InChI is InChI=1S/C46H79NO8/c1-3-5-7-9-11-13-15-16-17-18-19-20-21-22-23-24-26-28-30-32-34-36-42(50)47-39(38-54-46-45(53)44(52)43(51)41(37-48)55-46)40(49)35-33-31-29-27-25-14-12-10-8-6-4-2/h5,7,11,13,16-17,19-20,22-23,33,35,39-41,43-46,48-49,51-53H,3-4,6,8-10,12,14-15,18,21,24-32,34,36-38H2,1-2H3,(H,47,50)/b7-5-,13-11-,17-16-,20-19-,23-22-,35-33+. The molecule has 0 aliphatic carbocycles. The largest absolute Gasteiger partial charge is 0.394 e. The van der Waals surface area contributed by atoms with Crippen molar-refractivity contribution < 1.29 is 39.8 Å². The Bertz CT molecular complexity index is 1080. The van der Waals surface area contributed by atoms with Crippen molar-refractivity contribution in [2.24, 2.45) is 0 Å². The summed E-state index contributed by atoms with van der Waals surface area (Å²) in [5.41, 5.74) is 0. The highest BCUT2D eigenvalue weighted by Crippen LogP contribution is 2.22. The van der Waals surface area contributed by atoms with Gasteiger partial charge in [-0.3, -0.25) is 4.79 Å². The molecule has 55 heavy (non-hydrogen) atoms. The van der Waals surface area contributed by atoms with Crippen LogP contribution in [-0.4, -0.2) is 87.5 Å². The molecule has 6 N–H and O–H groups in total. The van der Waals surface area contributed by atoms with E-state index >= 15 is 0 Å². The number of aliphatic hydroxyl groups is 5. The monoisotopic (exact) mass is 774 g/mol. The first-order valence-electron chi connectivity index (χ1n) is 21.7. The van der Waals surface area contributed by atoms with Crippen molar-refractivity contribution in [3.05, 3.63) is 72.9 Å². The lowest BCUT2D eigenvalue weighted by atomic mass is 9.99. The molecule has 7 unspecified atom stereocenters. The van der Waals surface area contributed by atoms with Gasteiger partial charge in [0.25, 0.3) is 0 Å². The van der Waals surface area contributed by atoms with Crippen LogP contribution in [0.5, 0.6) is 0 Å². The molecule has 9 heteroatoms. The van der Waals surface area contributed by atoms with Gasteiger partial charge in [0.1, 0.15) is 24.4 Å². The second-order valence-corrected chi connectivity index (χ2v) is 14.8. The van der Waals surface area contributed by atoms with E-state index in [1.807, 2.05) is 6.08 Å². The maximum atomic E-state index is 12.9. The normalized spacial score (nSPS) is 22.1. The number of nitrogens with one attached hydrogen (secondary N) is 1. The highest BCUT2D eigenvalue weighted by atomic mass is 16.7. The first kappa shape index (κ1) is 50.6. The third-order valence-electron chi connectivity index (χ3n) is 9.79. The molecule has 9 nitrogen and oxygen atoms in total. The summed E-state index contributed by atoms with van der Waals surface area (Å²) >= 11 is 0. The lowest BCUT2D eigenvalue weighted by Crippen LogP contribution is -2.60. The van der Waals surface area contributed by atoms with Gasteiger partial charge in [-0.15, -0.1) is 0 Å². The molecular formula is C46H79NO8. The molecule has 1 rings (SSSR count). The van der Waals surface area contributed by atoms with Gasteiger partial charge >= 0.3 is 0 Å². The van der Waals surface area contributed by atoms with Crippen molar-refractivity contribution in [2.45, 2.75) is 198 Å². The Morgan fingerprint density at radius 3 is 1.67 bits per heavy atom. The van der Waals surface area contributed by atoms with E-state index in [1.165, 1.54) is 44.9 Å². The fourth-order valence-electron chi connectivity index (χ4n) is 6.30. The SMILES string of the molecule is CC/C=C\C/C=C\C/C=C\C/C=C\C/C=C\CCCCCCCC(=O)NC(COC1OC(CO)C(O)C(O)C1O)C(O)/C=C/CCCCCCCCCCC. The number of amides is 1. The average molecular weight is 774 g/mol. The van der Waals surface area contributed by atoms with Crippen molar-refractivity contribution in [3.8, 4) is 0 Å². The highest BCUT2D eigenvalue weighted by Gasteiger charge is 2.44. The topological polar surface area (TPSA) is 149 Å². The Kier molecular flexibility index (Phi) is 33.2. The summed E-state index contributed by atoms with van der Waals surface area (Å²) in [6.45, 7) is 3.60. The summed E-state index contributed by atoms with van der Waals surface area (Å²) in [5.74, 6) is -0.201. The molecule has 316 valence electrons. The van der Waals surface area contributed by atoms with Crippen LogP contribution in [-0.2, 0) is 14.3 Å². The Labute approximate surface area is 334 Å². The Morgan fingerprint density at radius 1 is 0.636 bits per heavy atom. The minimum absolute atomic E-state index is 0.201. The lowest BCUT2D eigenvalue weighted by molar-refractivity contribution is -0.302. The van der Waals surface area contributed by atoms with Crippen LogP contribution in [0.15, 0.2) is 72.9 Å². The Balaban J connectivity index is 2.38. The van der Waals surface area contributed by atoms with Gasteiger partial charge in [0.05, 0.1) is 25.4 Å². The van der Waals surface area contributed by atoms with Gasteiger partial charge in [-0.2, -0.15) is 0 Å². The highest BCUT2D eigenvalue weighted by molar-refractivity contribution is 5.76. The number of rotatable bonds is 34. The number of unbranched alkanes of at least 4 members (excludes halogenated alkanes) is 14. The second kappa shape index (κ2) is 36.0. The van der Waals surface area contributed by atoms with Gasteiger partial charge in [-0.25, -0.2) is 0 Å². The third kappa shape index (κ3) is 27.0. The van der Waals surface area contributed by atoms with Crippen LogP contribution in [0, 0.1) is 0 Å². The molecular weight excluding hydrogens is 695 g/mol. The maximum absolute atomic E-state index is 12.9. The minimum Gasteiger partial charge on any atom is -0.394 e. The van der Waals surface area contributed by atoms with Crippen LogP contribution in [0.4, 0.5) is 0 Å². The van der Waals surface area contributed by atoms with Crippen molar-refractivity contribution in [3.63, 3.8) is 0 Å². The molecule has 1 aliphatic heterocycles. The molecule has 1 saturated heterocycles. The first-order chi connectivity index (χ1) is 26.8. The number of ether oxygens (including phenoxy) is 2. The number of hydrogen-bond donors (Lipinski definition) is 6. The van der Waals surface area contributed by atoms with E-state index in [1.54, 1.807) is 6.08 Å². The van der Waals surface area contributed by atoms with Crippen molar-refractivity contribution in [1.29, 1.82) is 0 Å². The molecule has 0 saturated carbocycles. The fourth-order valence-corrected chi connectivity index (χ4v) is 6.30. The van der Waals surface area contributed by atoms with E-state index in [4.69, 9.17) is 9.47 Å². The van der Waals surface area contributed by atoms with Crippen molar-refractivity contribution in [1.82, 2.24) is 5.32 Å². The van der Waals surface area contributed by atoms with Gasteiger partial charge in [0.15, 0.2) is 6.29 Å². The van der Waals surface area contributed by atoms with E-state index in [0.29, 0.717) is 6.42 Å². The van der Waals surface area contributed by atoms with E-state index in [9.17, 15) is 30.3 Å². The molecule has 1 aliphatic rings. The second-order valence-electron chi connectivity index (χ2n) is 14.8. The Hall–Kier alpha value is -2.37. The van der Waals surface area contributed by atoms with E-state index in [0.717, 1.165) is 89.9 Å². The zero-order chi connectivity index (χ0) is 40.2. The number of hydrogen-bond acceptors (Lipinski definition) is 8. The predicted molar refractivity (Wildman–Crippen MR) is 225 cm³/mol. The lowest BCUT2D eigenvalue weighted by Gasteiger charge is -2.40. The fraction of sp³-hybridized carbons (Fsp3) is 0.717. The minimum atomic E-state index is -1.57. The summed E-state index contributed by atoms with van der Waals surface area (Å²) in [6.07, 6.45) is 40.8. The molecule has 1 fully saturated rings. The summed E-state index contributed by atoms with van der Waals surface area (Å²) in [5, 5.41) is 54.0. The summed E-state index contributed by atoms with van der Waals surface area (Å²) in [4.78, 5) is 12.9. The van der Waals surface area contributed by atoms with Crippen LogP contribution < -0.4 is 5.32 Å². The van der Waals surface area contributed by atoms with Gasteiger partial charge in [0.2, 0.25) is 5.91 Å². The molecule has 0 aromatic carbocycles. The van der Waals surface area contributed by atoms with Crippen molar-refractivity contribution in [2.75, 3.05) is 13.2 Å². The predicted octanol–water partition coefficient (Wildman–Crippen LogP) is 8.61. The van der Waals surface area contributed by atoms with Gasteiger partial charge in [-0.05, 0) is 64.2 Å². The molecule has 1 heterocycles. The number of allylic oxidation sites excluding steroid dienone is 11. The summed E-state index contributed by atoms with van der Waals surface area (Å²) in [7, 11) is 0. The van der Waals surface area contributed by atoms with Gasteiger partial charge in [-0.1, -0.05) is 157 Å². The third-order valence-corrected chi connectivity index (χ3v) is 9.79. The molecule has 0 aromatic heterocycles. The number of carbonyl (C=O) groups excluding carboxylic acids is 1. The number of aliphatic hydroxyl groups excluding tert-OH is 5. The van der Waals surface area contributed by atoms with Crippen LogP contribution in [0.3, 0.4) is 0 Å². The van der Waals surface area contributed by atoms with Crippen LogP contribution in [0.1, 0.15) is 155 Å². The van der Waals surface area contributed by atoms with Crippen LogP contribution in [0.2, 0.25) is 0 Å². The number of carbonyl (C=O) groups is 1. The Morgan fingerprint density at radius 2 is 1.13 bits per heavy atom. The van der Waals surface area contributed by atoms with Gasteiger partial charge in [0, 0.05) is 6.42 Å². The zero-order valence-electron chi connectivity index (χ0n) is 34.4. The van der Waals surface area contributed by atoms with Crippen molar-refractivity contribution >= 4 is 5.91 Å². The van der Waals surface area contributed by atoms with E-state index in [2.05, 4.69) is 79.9 Å². The first-order valence-corrected chi connectivity index (χ1v) is 21.7. The smallest absolute Gasteiger partial charge is 0.220 e. The average Bonchev–Trinajstić information content (AvgIpc) is 3.18. The van der Waals surface area contributed by atoms with Crippen LogP contribution in [0.25, 0.3) is 0 Å². The van der Waals surface area contributed by atoms with E-state index in [-0.39, 0.29) is 12.5 Å². The molecule has 1 amide bonds. The molecule has 7 atom stereocenters. The maximum Gasteiger partial charge on any atom is 0.220 e. The van der Waals surface area contributed by atoms with Gasteiger partial charge < -0.3 is 40.3 Å². The zero-order valence-corrected chi connectivity index (χ0v) is 34.4. The molecule has 0 bridgehead atoms. The molecule has 0 spiro atoms. The summed E-state index contributed by atoms with van der Waals surface area (Å²) in [6, 6.07) is -0.817. The molecule has 0 aromatic rings. The quantitative estimate of drug-likeness (QED) is 0.0281. The molecule has 0 radical (unpaired) electrons. The van der Waals surface area contributed by atoms with E-state index < -0.39 is 49.5 Å². The van der Waals surface area contributed by atoms with Crippen LogP contribution >= 0.6 is 0 Å². The summed E-state index contributed by atoms with van der Waals surface area (Å²) < 4.78 is 11.2.